The number of carbonyl (C=O) groups excluding carboxylic acids is 2. The Bertz CT molecular complexity index is 1120. The number of likely N-dealkylation sites (N-methyl/N-ethyl adjacent to an activating group) is 1. The number of amides is 2. The fraction of sp³-hybridized carbons (Fsp3) is 0.567. The Balaban J connectivity index is 1.34. The maximum atomic E-state index is 12.9. The summed E-state index contributed by atoms with van der Waals surface area (Å²) in [7, 11) is 3.74. The van der Waals surface area contributed by atoms with Crippen molar-refractivity contribution in [3.05, 3.63) is 47.7 Å². The Kier molecular flexibility index (Phi) is 9.45. The molecule has 212 valence electrons. The van der Waals surface area contributed by atoms with E-state index in [-0.39, 0.29) is 12.0 Å². The Morgan fingerprint density at radius 1 is 0.974 bits per heavy atom. The molecule has 2 saturated heterocycles. The lowest BCUT2D eigenvalue weighted by Gasteiger charge is -2.33. The molecule has 1 aromatic carbocycles. The summed E-state index contributed by atoms with van der Waals surface area (Å²) in [6.45, 7) is 11.3. The van der Waals surface area contributed by atoms with E-state index < -0.39 is 5.60 Å². The molecular weight excluding hydrogens is 496 g/mol. The van der Waals surface area contributed by atoms with Crippen molar-refractivity contribution in [1.29, 1.82) is 0 Å². The largest absolute Gasteiger partial charge is 0.493 e. The van der Waals surface area contributed by atoms with Crippen molar-refractivity contribution in [3.8, 4) is 17.0 Å². The third-order valence-corrected chi connectivity index (χ3v) is 7.20. The second-order valence-corrected chi connectivity index (χ2v) is 11.5. The first-order chi connectivity index (χ1) is 18.6. The minimum Gasteiger partial charge on any atom is -0.493 e. The number of piperidine rings is 1. The lowest BCUT2D eigenvalue weighted by Crippen LogP contribution is -2.47. The Morgan fingerprint density at radius 2 is 1.69 bits per heavy atom. The molecule has 9 heteroatoms. The minimum atomic E-state index is -0.486. The summed E-state index contributed by atoms with van der Waals surface area (Å²) >= 11 is 0. The van der Waals surface area contributed by atoms with E-state index in [2.05, 4.69) is 16.9 Å². The van der Waals surface area contributed by atoms with Crippen LogP contribution in [0.3, 0.4) is 0 Å². The molecular formula is C30H42N4O5. The lowest BCUT2D eigenvalue weighted by molar-refractivity contribution is 0.0164. The maximum absolute atomic E-state index is 12.9. The normalized spacial score (nSPS) is 17.3. The molecule has 2 amide bonds. The van der Waals surface area contributed by atoms with Crippen molar-refractivity contribution >= 4 is 12.0 Å². The number of piperazine rings is 1. The summed E-state index contributed by atoms with van der Waals surface area (Å²) in [6, 6.07) is 9.74. The molecule has 0 aliphatic carbocycles. The van der Waals surface area contributed by atoms with E-state index in [0.29, 0.717) is 37.8 Å². The van der Waals surface area contributed by atoms with Crippen LogP contribution < -0.4 is 4.74 Å². The van der Waals surface area contributed by atoms with Crippen LogP contribution in [-0.2, 0) is 16.1 Å². The number of benzene rings is 1. The molecule has 0 N–H and O–H groups in total. The Morgan fingerprint density at radius 3 is 2.31 bits per heavy atom. The van der Waals surface area contributed by atoms with Crippen molar-refractivity contribution in [2.75, 3.05) is 60.0 Å². The third kappa shape index (κ3) is 7.92. The van der Waals surface area contributed by atoms with Crippen molar-refractivity contribution in [1.82, 2.24) is 19.7 Å². The van der Waals surface area contributed by atoms with Gasteiger partial charge in [-0.3, -0.25) is 9.78 Å². The van der Waals surface area contributed by atoms with Gasteiger partial charge in [-0.2, -0.15) is 0 Å². The standard InChI is InChI=1S/C30H42N4O5/c1-30(2,3)39-29(36)34-12-10-22(11-13-34)20-38-27-9-7-23(18-25(27)21-37-5)26-8-6-24(19-31-26)28(35)33-16-14-32(4)15-17-33/h6-9,18-19,22H,10-17,20-21H2,1-5H3. The second kappa shape index (κ2) is 12.8. The van der Waals surface area contributed by atoms with Crippen LogP contribution in [0.15, 0.2) is 36.5 Å². The van der Waals surface area contributed by atoms with Crippen LogP contribution in [0.4, 0.5) is 4.79 Å². The van der Waals surface area contributed by atoms with Crippen molar-refractivity contribution in [2.24, 2.45) is 5.92 Å². The SMILES string of the molecule is COCc1cc(-c2ccc(C(=O)N3CCN(C)CC3)cn2)ccc1OCC1CCN(C(=O)OC(C)(C)C)CC1. The summed E-state index contributed by atoms with van der Waals surface area (Å²) in [4.78, 5) is 35.7. The second-order valence-electron chi connectivity index (χ2n) is 11.5. The van der Waals surface area contributed by atoms with Gasteiger partial charge in [-0.25, -0.2) is 4.79 Å². The molecule has 4 rings (SSSR count). The number of hydrogen-bond acceptors (Lipinski definition) is 7. The van der Waals surface area contributed by atoms with Gasteiger partial charge in [0.2, 0.25) is 0 Å². The maximum Gasteiger partial charge on any atom is 0.410 e. The average Bonchev–Trinajstić information content (AvgIpc) is 2.92. The van der Waals surface area contributed by atoms with Gasteiger partial charge in [0.05, 0.1) is 24.5 Å². The van der Waals surface area contributed by atoms with Gasteiger partial charge in [-0.15, -0.1) is 0 Å². The molecule has 2 fully saturated rings. The summed E-state index contributed by atoms with van der Waals surface area (Å²) in [6.07, 6.45) is 3.17. The molecule has 1 aromatic heterocycles. The van der Waals surface area contributed by atoms with E-state index >= 15 is 0 Å². The lowest BCUT2D eigenvalue weighted by atomic mass is 9.98. The van der Waals surface area contributed by atoms with Crippen LogP contribution in [0.25, 0.3) is 11.3 Å². The fourth-order valence-electron chi connectivity index (χ4n) is 4.85. The number of ether oxygens (including phenoxy) is 3. The molecule has 2 aliphatic heterocycles. The van der Waals surface area contributed by atoms with Gasteiger partial charge in [0.25, 0.3) is 5.91 Å². The van der Waals surface area contributed by atoms with Gasteiger partial charge in [-0.05, 0) is 76.9 Å². The zero-order chi connectivity index (χ0) is 28.0. The van der Waals surface area contributed by atoms with Crippen LogP contribution in [0, 0.1) is 5.92 Å². The fourth-order valence-corrected chi connectivity index (χ4v) is 4.85. The summed E-state index contributed by atoms with van der Waals surface area (Å²) in [5.41, 5.74) is 2.81. The average molecular weight is 539 g/mol. The van der Waals surface area contributed by atoms with Gasteiger partial charge in [0.1, 0.15) is 11.4 Å². The molecule has 0 unspecified atom stereocenters. The highest BCUT2D eigenvalue weighted by atomic mass is 16.6. The minimum absolute atomic E-state index is 0.0305. The van der Waals surface area contributed by atoms with Crippen LogP contribution in [0.5, 0.6) is 5.75 Å². The number of aromatic nitrogens is 1. The molecule has 0 spiro atoms. The number of methoxy groups -OCH3 is 1. The zero-order valence-corrected chi connectivity index (χ0v) is 23.9. The van der Waals surface area contributed by atoms with Crippen LogP contribution >= 0.6 is 0 Å². The molecule has 0 atom stereocenters. The van der Waals surface area contributed by atoms with Crippen molar-refractivity contribution < 1.29 is 23.8 Å². The first-order valence-corrected chi connectivity index (χ1v) is 13.8. The molecule has 9 nitrogen and oxygen atoms in total. The van der Waals surface area contributed by atoms with E-state index in [4.69, 9.17) is 14.2 Å². The number of rotatable bonds is 7. The number of likely N-dealkylation sites (tertiary alicyclic amines) is 1. The highest BCUT2D eigenvalue weighted by Crippen LogP contribution is 2.28. The first-order valence-electron chi connectivity index (χ1n) is 13.8. The molecule has 0 radical (unpaired) electrons. The molecule has 3 heterocycles. The predicted octanol–water partition coefficient (Wildman–Crippen LogP) is 4.31. The van der Waals surface area contributed by atoms with E-state index in [0.717, 1.165) is 61.6 Å². The highest BCUT2D eigenvalue weighted by Gasteiger charge is 2.27. The van der Waals surface area contributed by atoms with Gasteiger partial charge >= 0.3 is 6.09 Å². The summed E-state index contributed by atoms with van der Waals surface area (Å²) in [5.74, 6) is 1.19. The molecule has 2 aromatic rings. The number of carbonyl (C=O) groups is 2. The van der Waals surface area contributed by atoms with Crippen LogP contribution in [0.1, 0.15) is 49.5 Å². The summed E-state index contributed by atoms with van der Waals surface area (Å²) < 4.78 is 17.2. The topological polar surface area (TPSA) is 84.4 Å². The predicted molar refractivity (Wildman–Crippen MR) is 150 cm³/mol. The van der Waals surface area contributed by atoms with Gasteiger partial charge in [-0.1, -0.05) is 0 Å². The van der Waals surface area contributed by atoms with E-state index in [9.17, 15) is 9.59 Å². The van der Waals surface area contributed by atoms with Gasteiger partial charge in [0.15, 0.2) is 0 Å². The smallest absolute Gasteiger partial charge is 0.410 e. The Labute approximate surface area is 232 Å². The van der Waals surface area contributed by atoms with Crippen LogP contribution in [0.2, 0.25) is 0 Å². The van der Waals surface area contributed by atoms with Gasteiger partial charge in [0, 0.05) is 63.7 Å². The van der Waals surface area contributed by atoms with Crippen LogP contribution in [-0.4, -0.2) is 97.3 Å². The zero-order valence-electron chi connectivity index (χ0n) is 23.9. The summed E-state index contributed by atoms with van der Waals surface area (Å²) in [5, 5.41) is 0. The van der Waals surface area contributed by atoms with E-state index in [1.807, 2.05) is 56.0 Å². The van der Waals surface area contributed by atoms with E-state index in [1.165, 1.54) is 0 Å². The molecule has 0 saturated carbocycles. The quantitative estimate of drug-likeness (QED) is 0.519. The van der Waals surface area contributed by atoms with Gasteiger partial charge < -0.3 is 28.9 Å². The Hall–Kier alpha value is -3.17. The molecule has 0 bridgehead atoms. The number of nitrogens with zero attached hydrogens (tertiary/aromatic N) is 4. The monoisotopic (exact) mass is 538 g/mol. The number of pyridine rings is 1. The number of hydrogen-bond donors (Lipinski definition) is 0. The highest BCUT2D eigenvalue weighted by molar-refractivity contribution is 5.94. The van der Waals surface area contributed by atoms with E-state index in [1.54, 1.807) is 18.2 Å². The molecule has 2 aliphatic rings. The third-order valence-electron chi connectivity index (χ3n) is 7.20. The molecule has 39 heavy (non-hydrogen) atoms. The van der Waals surface area contributed by atoms with Crippen molar-refractivity contribution in [2.45, 2.75) is 45.8 Å². The van der Waals surface area contributed by atoms with Crippen molar-refractivity contribution in [3.63, 3.8) is 0 Å². The first kappa shape index (κ1) is 28.8.